The molecule has 0 aliphatic carbocycles. The van der Waals surface area contributed by atoms with E-state index in [-0.39, 0.29) is 5.84 Å². The second kappa shape index (κ2) is 4.79. The van der Waals surface area contributed by atoms with E-state index in [1.165, 1.54) is 0 Å². The van der Waals surface area contributed by atoms with Crippen LogP contribution in [0.1, 0.15) is 25.3 Å². The fraction of sp³-hybridized carbons (Fsp3) is 0.455. The molecule has 5 nitrogen and oxygen atoms in total. The van der Waals surface area contributed by atoms with Gasteiger partial charge in [-0.05, 0) is 25.8 Å². The van der Waals surface area contributed by atoms with Crippen LogP contribution >= 0.6 is 11.6 Å². The Bertz CT molecular complexity index is 449. The van der Waals surface area contributed by atoms with Gasteiger partial charge in [-0.25, -0.2) is 4.98 Å². The Balaban J connectivity index is 2.42. The molecule has 1 atom stereocenters. The first-order valence-electron chi connectivity index (χ1n) is 5.54. The van der Waals surface area contributed by atoms with Gasteiger partial charge in [-0.1, -0.05) is 16.8 Å². The number of nitrogens with two attached hydrogens (primary N) is 1. The summed E-state index contributed by atoms with van der Waals surface area (Å²) in [5.41, 5.74) is 6.08. The molecule has 1 aliphatic heterocycles. The van der Waals surface area contributed by atoms with Gasteiger partial charge in [0.25, 0.3) is 0 Å². The summed E-state index contributed by atoms with van der Waals surface area (Å²) in [7, 11) is 0. The first-order valence-corrected chi connectivity index (χ1v) is 5.92. The molecule has 17 heavy (non-hydrogen) atoms. The van der Waals surface area contributed by atoms with Crippen molar-refractivity contribution in [2.45, 2.75) is 25.8 Å². The van der Waals surface area contributed by atoms with Crippen LogP contribution in [0.5, 0.6) is 0 Å². The van der Waals surface area contributed by atoms with Gasteiger partial charge in [0.15, 0.2) is 5.84 Å². The Morgan fingerprint density at radius 2 is 2.47 bits per heavy atom. The summed E-state index contributed by atoms with van der Waals surface area (Å²) in [6.07, 6.45) is 3.89. The Kier molecular flexibility index (Phi) is 3.38. The van der Waals surface area contributed by atoms with E-state index >= 15 is 0 Å². The molecular formula is C11H15ClN4O. The molecule has 1 aliphatic rings. The number of rotatable bonds is 2. The summed E-state index contributed by atoms with van der Waals surface area (Å²) < 4.78 is 0. The van der Waals surface area contributed by atoms with Crippen molar-refractivity contribution in [1.82, 2.24) is 4.98 Å². The van der Waals surface area contributed by atoms with Gasteiger partial charge < -0.3 is 15.8 Å². The normalized spacial score (nSPS) is 20.9. The molecule has 2 rings (SSSR count). The quantitative estimate of drug-likeness (QED) is 0.365. The summed E-state index contributed by atoms with van der Waals surface area (Å²) >= 11 is 6.25. The number of pyridine rings is 1. The van der Waals surface area contributed by atoms with Crippen LogP contribution in [0.3, 0.4) is 0 Å². The fourth-order valence-electron chi connectivity index (χ4n) is 2.13. The monoisotopic (exact) mass is 254 g/mol. The minimum Gasteiger partial charge on any atom is -0.409 e. The lowest BCUT2D eigenvalue weighted by Gasteiger charge is -2.24. The van der Waals surface area contributed by atoms with E-state index in [1.807, 2.05) is 0 Å². The highest BCUT2D eigenvalue weighted by Crippen LogP contribution is 2.31. The molecule has 1 aromatic heterocycles. The number of hydrogen-bond donors (Lipinski definition) is 2. The first-order chi connectivity index (χ1) is 8.15. The van der Waals surface area contributed by atoms with Gasteiger partial charge in [0.2, 0.25) is 0 Å². The van der Waals surface area contributed by atoms with Crippen LogP contribution in [0.2, 0.25) is 5.02 Å². The van der Waals surface area contributed by atoms with Crippen molar-refractivity contribution in [2.24, 2.45) is 10.9 Å². The third-order valence-electron chi connectivity index (χ3n) is 3.08. The van der Waals surface area contributed by atoms with Gasteiger partial charge >= 0.3 is 0 Å². The molecule has 1 saturated heterocycles. The minimum atomic E-state index is 0.00509. The standard InChI is InChI=1S/C11H15ClN4O/c1-7-3-2-6-16(7)11-9(12)8(4-5-14-11)10(13)15-17/h4-5,7,17H,2-3,6H2,1H3,(H2,13,15). The Hall–Kier alpha value is -1.49. The molecule has 1 unspecified atom stereocenters. The molecular weight excluding hydrogens is 240 g/mol. The molecule has 0 aromatic carbocycles. The molecule has 0 saturated carbocycles. The maximum Gasteiger partial charge on any atom is 0.171 e. The summed E-state index contributed by atoms with van der Waals surface area (Å²) in [5, 5.41) is 12.1. The summed E-state index contributed by atoms with van der Waals surface area (Å²) in [6.45, 7) is 3.08. The van der Waals surface area contributed by atoms with Gasteiger partial charge in [-0.3, -0.25) is 0 Å². The smallest absolute Gasteiger partial charge is 0.171 e. The molecule has 1 fully saturated rings. The van der Waals surface area contributed by atoms with Crippen LogP contribution in [0.4, 0.5) is 5.82 Å². The fourth-order valence-corrected chi connectivity index (χ4v) is 2.45. The lowest BCUT2D eigenvalue weighted by Crippen LogP contribution is -2.28. The number of anilines is 1. The molecule has 0 spiro atoms. The van der Waals surface area contributed by atoms with Crippen LogP contribution in [-0.2, 0) is 0 Å². The SMILES string of the molecule is CC1CCCN1c1nccc(/C(N)=N/O)c1Cl. The molecule has 1 aromatic rings. The third kappa shape index (κ3) is 2.15. The van der Waals surface area contributed by atoms with Gasteiger partial charge in [-0.2, -0.15) is 0 Å². The van der Waals surface area contributed by atoms with Crippen molar-refractivity contribution in [1.29, 1.82) is 0 Å². The van der Waals surface area contributed by atoms with E-state index < -0.39 is 0 Å². The van der Waals surface area contributed by atoms with Crippen molar-refractivity contribution in [3.63, 3.8) is 0 Å². The number of oxime groups is 1. The van der Waals surface area contributed by atoms with Gasteiger partial charge in [0.05, 0.1) is 5.02 Å². The maximum atomic E-state index is 8.69. The van der Waals surface area contributed by atoms with Crippen molar-refractivity contribution < 1.29 is 5.21 Å². The molecule has 0 bridgehead atoms. The van der Waals surface area contributed by atoms with Crippen LogP contribution in [0, 0.1) is 0 Å². The minimum absolute atomic E-state index is 0.00509. The lowest BCUT2D eigenvalue weighted by molar-refractivity contribution is 0.318. The van der Waals surface area contributed by atoms with Gasteiger partial charge in [-0.15, -0.1) is 0 Å². The lowest BCUT2D eigenvalue weighted by atomic mass is 10.2. The number of halogens is 1. The zero-order valence-electron chi connectivity index (χ0n) is 9.60. The summed E-state index contributed by atoms with van der Waals surface area (Å²) in [6, 6.07) is 2.06. The van der Waals surface area contributed by atoms with Crippen molar-refractivity contribution in [2.75, 3.05) is 11.4 Å². The van der Waals surface area contributed by atoms with Gasteiger partial charge in [0, 0.05) is 24.3 Å². The van der Waals surface area contributed by atoms with Crippen LogP contribution in [0.15, 0.2) is 17.4 Å². The Labute approximate surface area is 105 Å². The number of nitrogens with zero attached hydrogens (tertiary/aromatic N) is 3. The van der Waals surface area contributed by atoms with E-state index in [4.69, 9.17) is 22.5 Å². The summed E-state index contributed by atoms with van der Waals surface area (Å²) in [5.74, 6) is 0.714. The second-order valence-corrected chi connectivity index (χ2v) is 4.54. The zero-order chi connectivity index (χ0) is 12.4. The Morgan fingerprint density at radius 3 is 3.06 bits per heavy atom. The molecule has 0 amide bonds. The van der Waals surface area contributed by atoms with E-state index in [2.05, 4.69) is 22.0 Å². The third-order valence-corrected chi connectivity index (χ3v) is 3.45. The highest BCUT2D eigenvalue weighted by Gasteiger charge is 2.25. The topological polar surface area (TPSA) is 74.7 Å². The number of aromatic nitrogens is 1. The highest BCUT2D eigenvalue weighted by atomic mass is 35.5. The summed E-state index contributed by atoms with van der Waals surface area (Å²) in [4.78, 5) is 6.44. The number of amidine groups is 1. The Morgan fingerprint density at radius 1 is 1.71 bits per heavy atom. The largest absolute Gasteiger partial charge is 0.409 e. The van der Waals surface area contributed by atoms with Gasteiger partial charge in [0.1, 0.15) is 5.82 Å². The van der Waals surface area contributed by atoms with Crippen molar-refractivity contribution >= 4 is 23.3 Å². The second-order valence-electron chi connectivity index (χ2n) is 4.17. The van der Waals surface area contributed by atoms with E-state index in [9.17, 15) is 0 Å². The van der Waals surface area contributed by atoms with E-state index in [0.717, 1.165) is 19.4 Å². The van der Waals surface area contributed by atoms with Crippen molar-refractivity contribution in [3.8, 4) is 0 Å². The first kappa shape index (κ1) is 12.0. The zero-order valence-corrected chi connectivity index (χ0v) is 10.4. The van der Waals surface area contributed by atoms with Crippen LogP contribution in [0.25, 0.3) is 0 Å². The molecule has 0 radical (unpaired) electrons. The van der Waals surface area contributed by atoms with Crippen molar-refractivity contribution in [3.05, 3.63) is 22.8 Å². The average Bonchev–Trinajstić information content (AvgIpc) is 2.75. The molecule has 92 valence electrons. The molecule has 2 heterocycles. The molecule has 3 N–H and O–H groups in total. The predicted octanol–water partition coefficient (Wildman–Crippen LogP) is 1.82. The highest BCUT2D eigenvalue weighted by molar-refractivity contribution is 6.36. The predicted molar refractivity (Wildman–Crippen MR) is 67.8 cm³/mol. The van der Waals surface area contributed by atoms with Crippen LogP contribution < -0.4 is 10.6 Å². The molecule has 6 heteroatoms. The number of hydrogen-bond acceptors (Lipinski definition) is 4. The van der Waals surface area contributed by atoms with Crippen LogP contribution in [-0.4, -0.2) is 28.6 Å². The van der Waals surface area contributed by atoms with E-state index in [0.29, 0.717) is 22.4 Å². The average molecular weight is 255 g/mol. The van der Waals surface area contributed by atoms with E-state index in [1.54, 1.807) is 12.3 Å². The maximum absolute atomic E-state index is 8.69.